The maximum atomic E-state index is 11.7. The molecule has 1 aromatic heterocycles. The zero-order valence-electron chi connectivity index (χ0n) is 10.3. The van der Waals surface area contributed by atoms with Gasteiger partial charge in [0.05, 0.1) is 10.2 Å². The van der Waals surface area contributed by atoms with Gasteiger partial charge in [0, 0.05) is 5.92 Å². The van der Waals surface area contributed by atoms with Crippen molar-refractivity contribution in [3.8, 4) is 0 Å². The largest absolute Gasteiger partial charge is 0.302 e. The lowest BCUT2D eigenvalue weighted by Gasteiger charge is -2.06. The summed E-state index contributed by atoms with van der Waals surface area (Å²) in [5.41, 5.74) is 2.14. The number of aryl methyl sites for hydroxylation is 1. The molecule has 1 unspecified atom stereocenters. The summed E-state index contributed by atoms with van der Waals surface area (Å²) in [5.74, 6) is 0.0760. The number of hydrogen-bond acceptors (Lipinski definition) is 3. The van der Waals surface area contributed by atoms with E-state index in [4.69, 9.17) is 0 Å². The van der Waals surface area contributed by atoms with Crippen LogP contribution in [-0.2, 0) is 4.79 Å². The monoisotopic (exact) mass is 248 g/mol. The third kappa shape index (κ3) is 2.64. The molecule has 17 heavy (non-hydrogen) atoms. The molecule has 0 radical (unpaired) electrons. The van der Waals surface area contributed by atoms with E-state index in [-0.39, 0.29) is 11.8 Å². The second-order valence-corrected chi connectivity index (χ2v) is 5.32. The van der Waals surface area contributed by atoms with E-state index in [0.29, 0.717) is 5.13 Å². The number of carbonyl (C=O) groups excluding carboxylic acids is 1. The van der Waals surface area contributed by atoms with Crippen molar-refractivity contribution in [2.75, 3.05) is 5.32 Å². The van der Waals surface area contributed by atoms with Crippen LogP contribution in [-0.4, -0.2) is 10.9 Å². The molecule has 2 aromatic rings. The van der Waals surface area contributed by atoms with Crippen molar-refractivity contribution < 1.29 is 4.79 Å². The molecule has 1 N–H and O–H groups in total. The van der Waals surface area contributed by atoms with Crippen LogP contribution >= 0.6 is 11.3 Å². The van der Waals surface area contributed by atoms with Gasteiger partial charge in [0.25, 0.3) is 0 Å². The van der Waals surface area contributed by atoms with Crippen LogP contribution in [0.1, 0.15) is 25.8 Å². The molecule has 90 valence electrons. The molecule has 1 aromatic carbocycles. The molecule has 0 saturated carbocycles. The third-order valence-corrected chi connectivity index (χ3v) is 3.78. The zero-order chi connectivity index (χ0) is 12.4. The molecule has 1 atom stereocenters. The minimum atomic E-state index is 0.0312. The van der Waals surface area contributed by atoms with Gasteiger partial charge in [-0.25, -0.2) is 4.98 Å². The lowest BCUT2D eigenvalue weighted by atomic mass is 10.1. The first-order valence-corrected chi connectivity index (χ1v) is 6.60. The van der Waals surface area contributed by atoms with Crippen LogP contribution in [0.5, 0.6) is 0 Å². The number of anilines is 1. The van der Waals surface area contributed by atoms with Gasteiger partial charge >= 0.3 is 0 Å². The molecule has 0 spiro atoms. The Morgan fingerprint density at radius 1 is 1.53 bits per heavy atom. The number of fused-ring (bicyclic) bond motifs is 1. The molecule has 1 amide bonds. The van der Waals surface area contributed by atoms with Crippen LogP contribution in [0.3, 0.4) is 0 Å². The molecule has 0 aliphatic heterocycles. The average molecular weight is 248 g/mol. The summed E-state index contributed by atoms with van der Waals surface area (Å²) < 4.78 is 1.11. The van der Waals surface area contributed by atoms with Gasteiger partial charge in [0.1, 0.15) is 0 Å². The van der Waals surface area contributed by atoms with Gasteiger partial charge in [-0.3, -0.25) is 4.79 Å². The number of benzene rings is 1. The molecule has 0 aliphatic rings. The molecular weight excluding hydrogens is 232 g/mol. The van der Waals surface area contributed by atoms with E-state index < -0.39 is 0 Å². The minimum Gasteiger partial charge on any atom is -0.302 e. The Kier molecular flexibility index (Phi) is 3.43. The predicted molar refractivity (Wildman–Crippen MR) is 72.4 cm³/mol. The van der Waals surface area contributed by atoms with E-state index in [1.807, 2.05) is 32.9 Å². The van der Waals surface area contributed by atoms with E-state index in [9.17, 15) is 4.79 Å². The lowest BCUT2D eigenvalue weighted by molar-refractivity contribution is -0.119. The molecule has 0 aliphatic carbocycles. The van der Waals surface area contributed by atoms with Crippen LogP contribution in [0, 0.1) is 12.8 Å². The van der Waals surface area contributed by atoms with Crippen LogP contribution in [0.25, 0.3) is 10.2 Å². The molecule has 2 rings (SSSR count). The van der Waals surface area contributed by atoms with Crippen molar-refractivity contribution in [3.63, 3.8) is 0 Å². The molecule has 0 bridgehead atoms. The fourth-order valence-electron chi connectivity index (χ4n) is 1.50. The summed E-state index contributed by atoms with van der Waals surface area (Å²) in [6.45, 7) is 5.97. The second kappa shape index (κ2) is 4.84. The number of thiazole rings is 1. The number of carbonyl (C=O) groups is 1. The SMILES string of the molecule is CCC(C)C(=O)Nc1nc2cc(C)ccc2s1. The summed E-state index contributed by atoms with van der Waals surface area (Å²) in [5, 5.41) is 3.56. The fraction of sp³-hybridized carbons (Fsp3) is 0.385. The fourth-order valence-corrected chi connectivity index (χ4v) is 2.35. The highest BCUT2D eigenvalue weighted by Gasteiger charge is 2.12. The molecule has 1 heterocycles. The summed E-state index contributed by atoms with van der Waals surface area (Å²) in [6.07, 6.45) is 0.843. The van der Waals surface area contributed by atoms with E-state index in [2.05, 4.69) is 16.4 Å². The van der Waals surface area contributed by atoms with Gasteiger partial charge in [0.15, 0.2) is 5.13 Å². The normalized spacial score (nSPS) is 12.6. The number of nitrogens with zero attached hydrogens (tertiary/aromatic N) is 1. The standard InChI is InChI=1S/C13H16N2OS/c1-4-9(3)12(16)15-13-14-10-7-8(2)5-6-11(10)17-13/h5-7,9H,4H2,1-3H3,(H,14,15,16). The average Bonchev–Trinajstić information content (AvgIpc) is 2.69. The summed E-state index contributed by atoms with van der Waals surface area (Å²) in [4.78, 5) is 16.2. The number of hydrogen-bond donors (Lipinski definition) is 1. The maximum Gasteiger partial charge on any atom is 0.228 e. The quantitative estimate of drug-likeness (QED) is 0.902. The first kappa shape index (κ1) is 12.0. The van der Waals surface area contributed by atoms with Crippen molar-refractivity contribution in [1.82, 2.24) is 4.98 Å². The van der Waals surface area contributed by atoms with Crippen molar-refractivity contribution in [2.24, 2.45) is 5.92 Å². The number of rotatable bonds is 3. The van der Waals surface area contributed by atoms with Crippen molar-refractivity contribution in [2.45, 2.75) is 27.2 Å². The van der Waals surface area contributed by atoms with Crippen LogP contribution < -0.4 is 5.32 Å². The smallest absolute Gasteiger partial charge is 0.228 e. The van der Waals surface area contributed by atoms with E-state index >= 15 is 0 Å². The van der Waals surface area contributed by atoms with Crippen LogP contribution in [0.4, 0.5) is 5.13 Å². The molecule has 4 heteroatoms. The first-order valence-electron chi connectivity index (χ1n) is 5.78. The topological polar surface area (TPSA) is 42.0 Å². The summed E-state index contributed by atoms with van der Waals surface area (Å²) in [7, 11) is 0. The van der Waals surface area contributed by atoms with E-state index in [1.165, 1.54) is 16.9 Å². The van der Waals surface area contributed by atoms with Crippen LogP contribution in [0.15, 0.2) is 18.2 Å². The van der Waals surface area contributed by atoms with E-state index in [0.717, 1.165) is 16.6 Å². The van der Waals surface area contributed by atoms with E-state index in [1.54, 1.807) is 0 Å². The number of aromatic nitrogens is 1. The Balaban J connectivity index is 2.22. The summed E-state index contributed by atoms with van der Waals surface area (Å²) >= 11 is 1.52. The van der Waals surface area contributed by atoms with Crippen LogP contribution in [0.2, 0.25) is 0 Å². The van der Waals surface area contributed by atoms with Gasteiger partial charge in [-0.2, -0.15) is 0 Å². The Bertz CT molecular complexity index is 547. The highest BCUT2D eigenvalue weighted by Crippen LogP contribution is 2.26. The zero-order valence-corrected chi connectivity index (χ0v) is 11.1. The minimum absolute atomic E-state index is 0.0312. The lowest BCUT2D eigenvalue weighted by Crippen LogP contribution is -2.19. The molecular formula is C13H16N2OS. The second-order valence-electron chi connectivity index (χ2n) is 4.29. The first-order chi connectivity index (χ1) is 8.10. The third-order valence-electron chi connectivity index (χ3n) is 2.83. The van der Waals surface area contributed by atoms with Gasteiger partial charge in [-0.1, -0.05) is 31.3 Å². The number of nitrogens with one attached hydrogen (secondary N) is 1. The van der Waals surface area contributed by atoms with Gasteiger partial charge < -0.3 is 5.32 Å². The Hall–Kier alpha value is -1.42. The molecule has 3 nitrogen and oxygen atoms in total. The Labute approximate surface area is 105 Å². The Morgan fingerprint density at radius 3 is 3.00 bits per heavy atom. The molecule has 0 saturated heterocycles. The van der Waals surface area contributed by atoms with Gasteiger partial charge in [0.2, 0.25) is 5.91 Å². The predicted octanol–water partition coefficient (Wildman–Crippen LogP) is 3.59. The maximum absolute atomic E-state index is 11.7. The number of amides is 1. The highest BCUT2D eigenvalue weighted by molar-refractivity contribution is 7.22. The summed E-state index contributed by atoms with van der Waals surface area (Å²) in [6, 6.07) is 6.13. The van der Waals surface area contributed by atoms with Gasteiger partial charge in [-0.05, 0) is 31.0 Å². The van der Waals surface area contributed by atoms with Gasteiger partial charge in [-0.15, -0.1) is 0 Å². The van der Waals surface area contributed by atoms with Crippen molar-refractivity contribution >= 4 is 32.6 Å². The Morgan fingerprint density at radius 2 is 2.29 bits per heavy atom. The van der Waals surface area contributed by atoms with Crippen molar-refractivity contribution in [3.05, 3.63) is 23.8 Å². The van der Waals surface area contributed by atoms with Crippen molar-refractivity contribution in [1.29, 1.82) is 0 Å². The highest BCUT2D eigenvalue weighted by atomic mass is 32.1. The molecule has 0 fully saturated rings.